The minimum atomic E-state index is -0.576. The zero-order chi connectivity index (χ0) is 16.2. The molecule has 2 aromatic rings. The summed E-state index contributed by atoms with van der Waals surface area (Å²) in [7, 11) is 0. The van der Waals surface area contributed by atoms with Gasteiger partial charge in [-0.2, -0.15) is 0 Å². The van der Waals surface area contributed by atoms with Gasteiger partial charge in [-0.3, -0.25) is 4.79 Å². The van der Waals surface area contributed by atoms with Crippen LogP contribution in [0.2, 0.25) is 5.02 Å². The summed E-state index contributed by atoms with van der Waals surface area (Å²) in [5, 5.41) is 8.76. The molecule has 0 aromatic heterocycles. The molecule has 3 N–H and O–H groups in total. The molecule has 1 heterocycles. The Kier molecular flexibility index (Phi) is 4.48. The standard InChI is InChI=1S/C17H16ClN3O2/c18-13-8-4-7-12(9-13)15(11-5-2-1-3-6-11)21-16(22)14-10-19-17(23)20-14/h1-9,14-15H,10H2,(H,21,22)(H2,19,20,23)/t14-,15+/m0/s1. The van der Waals surface area contributed by atoms with Crippen molar-refractivity contribution in [1.29, 1.82) is 0 Å². The number of carbonyl (C=O) groups is 2. The molecular weight excluding hydrogens is 314 g/mol. The Bertz CT molecular complexity index is 721. The van der Waals surface area contributed by atoms with Crippen LogP contribution >= 0.6 is 11.6 Å². The number of urea groups is 1. The third-order valence-electron chi connectivity index (χ3n) is 3.69. The van der Waals surface area contributed by atoms with Gasteiger partial charge in [-0.05, 0) is 23.3 Å². The highest BCUT2D eigenvalue weighted by Gasteiger charge is 2.29. The minimum Gasteiger partial charge on any atom is -0.343 e. The van der Waals surface area contributed by atoms with Crippen LogP contribution in [0, 0.1) is 0 Å². The van der Waals surface area contributed by atoms with E-state index in [0.717, 1.165) is 11.1 Å². The first-order chi connectivity index (χ1) is 11.1. The van der Waals surface area contributed by atoms with Crippen LogP contribution in [0.3, 0.4) is 0 Å². The molecule has 3 amide bonds. The van der Waals surface area contributed by atoms with Crippen molar-refractivity contribution in [2.45, 2.75) is 12.1 Å². The van der Waals surface area contributed by atoms with Gasteiger partial charge in [-0.25, -0.2) is 4.79 Å². The van der Waals surface area contributed by atoms with Gasteiger partial charge in [0.1, 0.15) is 6.04 Å². The molecule has 0 spiro atoms. The van der Waals surface area contributed by atoms with Gasteiger partial charge < -0.3 is 16.0 Å². The van der Waals surface area contributed by atoms with Crippen LogP contribution < -0.4 is 16.0 Å². The predicted octanol–water partition coefficient (Wildman–Crippen LogP) is 2.23. The summed E-state index contributed by atoms with van der Waals surface area (Å²) in [6.45, 7) is 0.279. The fourth-order valence-corrected chi connectivity index (χ4v) is 2.75. The van der Waals surface area contributed by atoms with E-state index in [4.69, 9.17) is 11.6 Å². The van der Waals surface area contributed by atoms with Gasteiger partial charge in [0, 0.05) is 11.6 Å². The van der Waals surface area contributed by atoms with Crippen molar-refractivity contribution in [2.24, 2.45) is 0 Å². The molecule has 0 radical (unpaired) electrons. The van der Waals surface area contributed by atoms with Crippen LogP contribution in [0.15, 0.2) is 54.6 Å². The minimum absolute atomic E-state index is 0.239. The Morgan fingerprint density at radius 2 is 1.87 bits per heavy atom. The molecule has 6 heteroatoms. The zero-order valence-corrected chi connectivity index (χ0v) is 13.0. The van der Waals surface area contributed by atoms with Crippen LogP contribution in [-0.4, -0.2) is 24.5 Å². The fraction of sp³-hybridized carbons (Fsp3) is 0.176. The zero-order valence-electron chi connectivity index (χ0n) is 12.3. The van der Waals surface area contributed by atoms with Gasteiger partial charge in [0.15, 0.2) is 0 Å². The highest BCUT2D eigenvalue weighted by atomic mass is 35.5. The summed E-state index contributed by atoms with van der Waals surface area (Å²) in [5.41, 5.74) is 1.83. The molecule has 5 nitrogen and oxygen atoms in total. The lowest BCUT2D eigenvalue weighted by Crippen LogP contribution is -2.44. The van der Waals surface area contributed by atoms with Gasteiger partial charge in [0.05, 0.1) is 6.04 Å². The average molecular weight is 330 g/mol. The van der Waals surface area contributed by atoms with Crippen molar-refractivity contribution in [3.8, 4) is 0 Å². The number of rotatable bonds is 4. The monoisotopic (exact) mass is 329 g/mol. The van der Waals surface area contributed by atoms with Crippen LogP contribution in [0.4, 0.5) is 4.79 Å². The molecule has 118 valence electrons. The van der Waals surface area contributed by atoms with E-state index in [1.165, 1.54) is 0 Å². The van der Waals surface area contributed by atoms with Gasteiger partial charge >= 0.3 is 6.03 Å². The number of halogens is 1. The maximum atomic E-state index is 12.4. The van der Waals surface area contributed by atoms with E-state index in [0.29, 0.717) is 5.02 Å². The first kappa shape index (κ1) is 15.4. The Morgan fingerprint density at radius 3 is 2.52 bits per heavy atom. The van der Waals surface area contributed by atoms with Crippen LogP contribution in [0.25, 0.3) is 0 Å². The van der Waals surface area contributed by atoms with Crippen molar-refractivity contribution in [1.82, 2.24) is 16.0 Å². The SMILES string of the molecule is O=C1NC[C@@H](C(=O)N[C@H](c2ccccc2)c2cccc(Cl)c2)N1. The van der Waals surface area contributed by atoms with Gasteiger partial charge in [0.25, 0.3) is 0 Å². The van der Waals surface area contributed by atoms with Crippen molar-refractivity contribution in [2.75, 3.05) is 6.54 Å². The summed E-state index contributed by atoms with van der Waals surface area (Å²) in [5.74, 6) is -0.239. The second-order valence-corrected chi connectivity index (χ2v) is 5.75. The normalized spacial score (nSPS) is 18.0. The first-order valence-electron chi connectivity index (χ1n) is 7.28. The highest BCUT2D eigenvalue weighted by Crippen LogP contribution is 2.24. The molecule has 3 rings (SSSR count). The molecule has 0 unspecified atom stereocenters. The summed E-state index contributed by atoms with van der Waals surface area (Å²) < 4.78 is 0. The lowest BCUT2D eigenvalue weighted by molar-refractivity contribution is -0.122. The molecular formula is C17H16ClN3O2. The third kappa shape index (κ3) is 3.63. The predicted molar refractivity (Wildman–Crippen MR) is 88.2 cm³/mol. The van der Waals surface area contributed by atoms with E-state index in [1.54, 1.807) is 6.07 Å². The maximum Gasteiger partial charge on any atom is 0.315 e. The van der Waals surface area contributed by atoms with E-state index in [1.807, 2.05) is 48.5 Å². The molecule has 1 aliphatic rings. The lowest BCUT2D eigenvalue weighted by atomic mass is 9.98. The van der Waals surface area contributed by atoms with E-state index in [-0.39, 0.29) is 24.5 Å². The molecule has 1 fully saturated rings. The van der Waals surface area contributed by atoms with Crippen LogP contribution in [0.5, 0.6) is 0 Å². The average Bonchev–Trinajstić information content (AvgIpc) is 3.00. The third-order valence-corrected chi connectivity index (χ3v) is 3.93. The number of amides is 3. The molecule has 23 heavy (non-hydrogen) atoms. The molecule has 1 saturated heterocycles. The second kappa shape index (κ2) is 6.71. The topological polar surface area (TPSA) is 70.2 Å². The molecule has 0 saturated carbocycles. The molecule has 0 bridgehead atoms. The molecule has 2 atom stereocenters. The Labute approximate surface area is 139 Å². The number of nitrogens with one attached hydrogen (secondary N) is 3. The summed E-state index contributed by atoms with van der Waals surface area (Å²) in [6.07, 6.45) is 0. The molecule has 0 aliphatic carbocycles. The van der Waals surface area contributed by atoms with E-state index in [2.05, 4.69) is 16.0 Å². The summed E-state index contributed by atoms with van der Waals surface area (Å²) in [4.78, 5) is 23.6. The maximum absolute atomic E-state index is 12.4. The van der Waals surface area contributed by atoms with Crippen molar-refractivity contribution >= 4 is 23.5 Å². The lowest BCUT2D eigenvalue weighted by Gasteiger charge is -2.21. The molecule has 1 aliphatic heterocycles. The quantitative estimate of drug-likeness (QED) is 0.805. The summed E-state index contributed by atoms with van der Waals surface area (Å²) in [6, 6.07) is 15.8. The van der Waals surface area contributed by atoms with E-state index < -0.39 is 6.04 Å². The Hall–Kier alpha value is -2.53. The van der Waals surface area contributed by atoms with Crippen molar-refractivity contribution in [3.05, 3.63) is 70.7 Å². The van der Waals surface area contributed by atoms with E-state index in [9.17, 15) is 9.59 Å². The number of hydrogen-bond donors (Lipinski definition) is 3. The number of carbonyl (C=O) groups excluding carboxylic acids is 2. The van der Waals surface area contributed by atoms with Gasteiger partial charge in [-0.1, -0.05) is 54.1 Å². The second-order valence-electron chi connectivity index (χ2n) is 5.31. The number of benzene rings is 2. The van der Waals surface area contributed by atoms with Crippen molar-refractivity contribution in [3.63, 3.8) is 0 Å². The smallest absolute Gasteiger partial charge is 0.315 e. The first-order valence-corrected chi connectivity index (χ1v) is 7.66. The van der Waals surface area contributed by atoms with E-state index >= 15 is 0 Å². The summed E-state index contributed by atoms with van der Waals surface area (Å²) >= 11 is 6.08. The van der Waals surface area contributed by atoms with Crippen LogP contribution in [0.1, 0.15) is 17.2 Å². The largest absolute Gasteiger partial charge is 0.343 e. The Morgan fingerprint density at radius 1 is 1.13 bits per heavy atom. The number of hydrogen-bond acceptors (Lipinski definition) is 2. The van der Waals surface area contributed by atoms with Crippen molar-refractivity contribution < 1.29 is 9.59 Å². The van der Waals surface area contributed by atoms with Gasteiger partial charge in [-0.15, -0.1) is 0 Å². The molecule has 2 aromatic carbocycles. The van der Waals surface area contributed by atoms with Crippen LogP contribution in [-0.2, 0) is 4.79 Å². The fourth-order valence-electron chi connectivity index (χ4n) is 2.55. The van der Waals surface area contributed by atoms with Gasteiger partial charge in [0.2, 0.25) is 5.91 Å². The highest BCUT2D eigenvalue weighted by molar-refractivity contribution is 6.30. The Balaban J connectivity index is 1.87.